The van der Waals surface area contributed by atoms with E-state index in [0.717, 1.165) is 94.3 Å². The quantitative estimate of drug-likeness (QED) is 0.00608. The Bertz CT molecular complexity index is 3540. The summed E-state index contributed by atoms with van der Waals surface area (Å²) in [4.78, 5) is 12.4. The zero-order chi connectivity index (χ0) is 62.5. The maximum atomic E-state index is 9.66. The summed E-state index contributed by atoms with van der Waals surface area (Å²) in [6, 6.07) is 26.1. The van der Waals surface area contributed by atoms with E-state index in [1.807, 2.05) is 105 Å². The lowest BCUT2D eigenvalue weighted by Crippen LogP contribution is -2.49. The standard InChI is InChI=1S/C37H58N8O5Si2.C25H30N8O3/c1-47-17-18-50-37(36(38)42-46)15-13-29(14-16-37)33-23-34(43(27-48-19-21-51(2,3)4)28-49-20-22-52(5,6)7)45-35(41-33)32(25-40-45)30-24-39-44(26-30)31-11-9-8-10-12-31;1-35-11-12-36-25(24(27)31-34)9-7-17(8-10-25)21-13-22(26)33-23(30-21)20(15-29-33)18-14-28-32(16-18)19-5-3-2-4-6-19/h8-12,23-26,29,46H,13-22,27-28H2,1-7H3,(H2,38,42);2-6,13-17,34H,7-12,26H2,1H3,(H2,27,31). The van der Waals surface area contributed by atoms with Gasteiger partial charge in [-0.3, -0.25) is 0 Å². The van der Waals surface area contributed by atoms with Gasteiger partial charge >= 0.3 is 0 Å². The molecule has 26 heteroatoms. The van der Waals surface area contributed by atoms with Crippen LogP contribution in [0, 0.1) is 0 Å². The Hall–Kier alpha value is -7.57. The highest BCUT2D eigenvalue weighted by Gasteiger charge is 2.43. The highest BCUT2D eigenvalue weighted by atomic mass is 28.3. The topological polar surface area (TPSA) is 298 Å². The highest BCUT2D eigenvalue weighted by Crippen LogP contribution is 2.43. The van der Waals surface area contributed by atoms with E-state index in [0.29, 0.717) is 90.3 Å². The Morgan fingerprint density at radius 2 is 1.00 bits per heavy atom. The second-order valence-electron chi connectivity index (χ2n) is 25.2. The van der Waals surface area contributed by atoms with Crippen LogP contribution < -0.4 is 22.1 Å². The van der Waals surface area contributed by atoms with E-state index in [-0.39, 0.29) is 23.5 Å². The first-order chi connectivity index (χ1) is 42.4. The van der Waals surface area contributed by atoms with Gasteiger partial charge in [-0.1, -0.05) is 86.0 Å². The maximum absolute atomic E-state index is 9.66. The number of anilines is 2. The van der Waals surface area contributed by atoms with E-state index in [4.69, 9.17) is 60.7 Å². The number of methoxy groups -OCH3 is 2. The molecule has 0 radical (unpaired) electrons. The van der Waals surface area contributed by atoms with Crippen molar-refractivity contribution in [3.63, 3.8) is 0 Å². The zero-order valence-electron chi connectivity index (χ0n) is 52.2. The number of ether oxygens (including phenoxy) is 6. The Morgan fingerprint density at radius 3 is 1.42 bits per heavy atom. The minimum atomic E-state index is -1.28. The van der Waals surface area contributed by atoms with Crippen LogP contribution in [0.15, 0.2) is 120 Å². The van der Waals surface area contributed by atoms with Crippen LogP contribution in [0.5, 0.6) is 0 Å². The van der Waals surface area contributed by atoms with Crippen molar-refractivity contribution in [2.75, 3.05) is 78.0 Å². The molecular formula is C62H88N16O8Si2. The van der Waals surface area contributed by atoms with Crippen LogP contribution in [-0.4, -0.2) is 166 Å². The number of rotatable bonds is 27. The summed E-state index contributed by atoms with van der Waals surface area (Å²) in [5.74, 6) is 1.81. The van der Waals surface area contributed by atoms with Crippen molar-refractivity contribution >= 4 is 50.7 Å². The molecule has 0 spiro atoms. The molecule has 0 atom stereocenters. The first kappa shape index (κ1) is 64.9. The zero-order valence-corrected chi connectivity index (χ0v) is 54.2. The van der Waals surface area contributed by atoms with Crippen LogP contribution in [0.4, 0.5) is 11.6 Å². The first-order valence-electron chi connectivity index (χ1n) is 30.2. The minimum absolute atomic E-state index is 0.0912. The van der Waals surface area contributed by atoms with Crippen LogP contribution in [-0.2, 0) is 28.4 Å². The molecule has 0 aliphatic heterocycles. The number of amidine groups is 2. The molecule has 2 fully saturated rings. The van der Waals surface area contributed by atoms with Crippen LogP contribution in [0.25, 0.3) is 44.9 Å². The van der Waals surface area contributed by atoms with Crippen LogP contribution in [0.2, 0.25) is 51.4 Å². The number of oxime groups is 2. The SMILES string of the molecule is COCCOC1(/C(N)=N/O)CCC(c2cc(N(COCC[Si](C)(C)C)COCC[Si](C)(C)C)n3ncc(-c4cnn(-c5ccccc5)c4)c3n2)CC1.COCCOC1(/C(N)=N/O)CCC(c2cc(N)n3ncc(-c4cnn(-c5ccccc5)c4)c3n2)CC1. The summed E-state index contributed by atoms with van der Waals surface area (Å²) in [6.45, 7) is 17.8. The third kappa shape index (κ3) is 15.8. The highest BCUT2D eigenvalue weighted by molar-refractivity contribution is 6.76. The number of nitrogens with two attached hydrogens (primary N) is 3. The average molecular weight is 1240 g/mol. The molecule has 2 aliphatic carbocycles. The normalized spacial score (nSPS) is 19.5. The molecule has 8 N–H and O–H groups in total. The van der Waals surface area contributed by atoms with E-state index in [9.17, 15) is 10.4 Å². The van der Waals surface area contributed by atoms with Gasteiger partial charge in [0.05, 0.1) is 62.6 Å². The Labute approximate surface area is 516 Å². The molecule has 0 bridgehead atoms. The van der Waals surface area contributed by atoms with E-state index in [2.05, 4.69) is 75.9 Å². The van der Waals surface area contributed by atoms with E-state index in [1.54, 1.807) is 31.1 Å². The van der Waals surface area contributed by atoms with Gasteiger partial charge in [0.1, 0.15) is 36.3 Å². The Balaban J connectivity index is 0.000000223. The number of benzene rings is 2. The van der Waals surface area contributed by atoms with Crippen molar-refractivity contribution in [1.82, 2.24) is 48.8 Å². The van der Waals surface area contributed by atoms with Crippen molar-refractivity contribution in [2.45, 2.75) is 126 Å². The second-order valence-corrected chi connectivity index (χ2v) is 36.4. The fraction of sp³-hybridized carbons (Fsp3) is 0.484. The molecule has 472 valence electrons. The van der Waals surface area contributed by atoms with Gasteiger partial charge in [0, 0.05) is 114 Å². The Morgan fingerprint density at radius 1 is 0.580 bits per heavy atom. The number of hydrogen-bond acceptors (Lipinski definition) is 18. The predicted octanol–water partition coefficient (Wildman–Crippen LogP) is 9.79. The summed E-state index contributed by atoms with van der Waals surface area (Å²) in [5, 5.41) is 44.2. The lowest BCUT2D eigenvalue weighted by atomic mass is 9.76. The molecule has 2 saturated carbocycles. The smallest absolute Gasteiger partial charge is 0.171 e. The van der Waals surface area contributed by atoms with Crippen LogP contribution in [0.1, 0.15) is 74.6 Å². The number of fused-ring (bicyclic) bond motifs is 2. The molecule has 24 nitrogen and oxygen atoms in total. The van der Waals surface area contributed by atoms with Gasteiger partial charge < -0.3 is 60.9 Å². The minimum Gasteiger partial charge on any atom is -0.409 e. The number of para-hydroxylation sites is 2. The molecule has 0 saturated heterocycles. The van der Waals surface area contributed by atoms with Gasteiger partial charge in [0.15, 0.2) is 23.0 Å². The molecule has 0 unspecified atom stereocenters. The lowest BCUT2D eigenvalue weighted by molar-refractivity contribution is -0.0435. The molecule has 0 amide bonds. The summed E-state index contributed by atoms with van der Waals surface area (Å²) >= 11 is 0. The van der Waals surface area contributed by atoms with Gasteiger partial charge in [0.2, 0.25) is 0 Å². The van der Waals surface area contributed by atoms with Crippen LogP contribution in [0.3, 0.4) is 0 Å². The van der Waals surface area contributed by atoms with Gasteiger partial charge in [-0.2, -0.15) is 29.4 Å². The summed E-state index contributed by atoms with van der Waals surface area (Å²) in [7, 11) is 0.677. The van der Waals surface area contributed by atoms with E-state index in [1.165, 1.54) is 0 Å². The molecule has 10 rings (SSSR count). The fourth-order valence-corrected chi connectivity index (χ4v) is 12.7. The molecule has 2 aliphatic rings. The Kier molecular flexibility index (Phi) is 21.5. The molecule has 8 aromatic rings. The molecule has 6 heterocycles. The number of nitrogen functional groups attached to an aromatic ring is 1. The van der Waals surface area contributed by atoms with E-state index < -0.39 is 27.3 Å². The van der Waals surface area contributed by atoms with Gasteiger partial charge in [0.25, 0.3) is 0 Å². The molecular weight excluding hydrogens is 1150 g/mol. The number of aromatic nitrogens is 10. The third-order valence-corrected chi connectivity index (χ3v) is 19.9. The predicted molar refractivity (Wildman–Crippen MR) is 346 cm³/mol. The van der Waals surface area contributed by atoms with Crippen molar-refractivity contribution in [3.05, 3.63) is 121 Å². The van der Waals surface area contributed by atoms with Gasteiger partial charge in [-0.05, 0) is 87.7 Å². The first-order valence-corrected chi connectivity index (χ1v) is 37.6. The van der Waals surface area contributed by atoms with Gasteiger partial charge in [-0.15, -0.1) is 0 Å². The summed E-state index contributed by atoms with van der Waals surface area (Å²) in [5.41, 5.74) is 25.8. The van der Waals surface area contributed by atoms with Crippen molar-refractivity contribution in [1.29, 1.82) is 0 Å². The summed E-state index contributed by atoms with van der Waals surface area (Å²) in [6.07, 6.45) is 16.6. The number of hydrogen-bond donors (Lipinski definition) is 5. The maximum Gasteiger partial charge on any atom is 0.171 e. The van der Waals surface area contributed by atoms with Crippen molar-refractivity contribution < 1.29 is 38.8 Å². The molecule has 6 aromatic heterocycles. The van der Waals surface area contributed by atoms with Gasteiger partial charge in [-0.25, -0.2) is 19.3 Å². The second kappa shape index (κ2) is 29.2. The summed E-state index contributed by atoms with van der Waals surface area (Å²) < 4.78 is 42.5. The fourth-order valence-electron chi connectivity index (χ4n) is 11.2. The van der Waals surface area contributed by atoms with Crippen molar-refractivity contribution in [2.24, 2.45) is 21.8 Å². The lowest BCUT2D eigenvalue weighted by Gasteiger charge is -2.39. The number of nitrogens with zero attached hydrogens (tertiary/aromatic N) is 13. The molecule has 88 heavy (non-hydrogen) atoms. The van der Waals surface area contributed by atoms with Crippen LogP contribution >= 0.6 is 0 Å². The molecule has 2 aromatic carbocycles. The van der Waals surface area contributed by atoms with Crippen molar-refractivity contribution in [3.8, 4) is 33.6 Å². The monoisotopic (exact) mass is 1240 g/mol. The van der Waals surface area contributed by atoms with E-state index >= 15 is 0 Å². The average Bonchev–Trinajstić information content (AvgIpc) is 1.77. The third-order valence-electron chi connectivity index (χ3n) is 16.5. The largest absolute Gasteiger partial charge is 0.409 e.